The third kappa shape index (κ3) is 4.54. The van der Waals surface area contributed by atoms with E-state index in [1.165, 1.54) is 0 Å². The number of hydrogen-bond donors (Lipinski definition) is 1. The van der Waals surface area contributed by atoms with Gasteiger partial charge in [0.2, 0.25) is 0 Å². The first-order chi connectivity index (χ1) is 8.02. The molecule has 0 aliphatic carbocycles. The molecule has 102 valence electrons. The molecule has 1 heterocycles. The van der Waals surface area contributed by atoms with Crippen molar-refractivity contribution in [2.45, 2.75) is 33.0 Å². The van der Waals surface area contributed by atoms with Gasteiger partial charge in [0.05, 0.1) is 12.2 Å². The molecule has 2 atom stereocenters. The van der Waals surface area contributed by atoms with Crippen LogP contribution in [0.15, 0.2) is 0 Å². The topological polar surface area (TPSA) is 33.7 Å². The maximum absolute atomic E-state index is 5.46. The minimum absolute atomic E-state index is 0.218. The summed E-state index contributed by atoms with van der Waals surface area (Å²) in [5.74, 6) is 0. The third-order valence-corrected chi connectivity index (χ3v) is 3.40. The van der Waals surface area contributed by atoms with Crippen LogP contribution in [0.5, 0.6) is 0 Å². The Bertz CT molecular complexity index is 209. The van der Waals surface area contributed by atoms with E-state index in [-0.39, 0.29) is 17.6 Å². The number of nitrogens with one attached hydrogen (secondary N) is 1. The summed E-state index contributed by atoms with van der Waals surface area (Å²) < 4.78 is 10.9. The lowest BCUT2D eigenvalue weighted by Crippen LogP contribution is -2.40. The minimum Gasteiger partial charge on any atom is -0.377 e. The zero-order valence-electron chi connectivity index (χ0n) is 12.0. The first-order valence-electron chi connectivity index (χ1n) is 6.51. The SMILES string of the molecule is CCNCC(C)(C)CN1CC(OC)C(OC)C1. The zero-order valence-corrected chi connectivity index (χ0v) is 12.0. The van der Waals surface area contributed by atoms with Gasteiger partial charge in [-0.15, -0.1) is 0 Å². The van der Waals surface area contributed by atoms with E-state index in [9.17, 15) is 0 Å². The van der Waals surface area contributed by atoms with Gasteiger partial charge in [-0.25, -0.2) is 0 Å². The van der Waals surface area contributed by atoms with Crippen molar-refractivity contribution in [3.63, 3.8) is 0 Å². The molecule has 0 amide bonds. The standard InChI is InChI=1S/C13H28N2O2/c1-6-14-9-13(2,3)10-15-7-11(16-4)12(8-15)17-5/h11-12,14H,6-10H2,1-5H3. The van der Waals surface area contributed by atoms with Crippen LogP contribution in [0.1, 0.15) is 20.8 Å². The number of ether oxygens (including phenoxy) is 2. The summed E-state index contributed by atoms with van der Waals surface area (Å²) in [6.45, 7) is 11.9. The van der Waals surface area contributed by atoms with Crippen LogP contribution < -0.4 is 5.32 Å². The summed E-state index contributed by atoms with van der Waals surface area (Å²) >= 11 is 0. The summed E-state index contributed by atoms with van der Waals surface area (Å²) in [7, 11) is 3.54. The average molecular weight is 244 g/mol. The molecule has 1 N–H and O–H groups in total. The maximum atomic E-state index is 5.46. The second-order valence-corrected chi connectivity index (χ2v) is 5.69. The highest BCUT2D eigenvalue weighted by atomic mass is 16.5. The molecule has 1 aliphatic rings. The summed E-state index contributed by atoms with van der Waals surface area (Å²) in [5, 5.41) is 3.42. The zero-order chi connectivity index (χ0) is 12.9. The monoisotopic (exact) mass is 244 g/mol. The number of rotatable bonds is 7. The second kappa shape index (κ2) is 6.69. The minimum atomic E-state index is 0.218. The van der Waals surface area contributed by atoms with Gasteiger partial charge in [-0.2, -0.15) is 0 Å². The van der Waals surface area contributed by atoms with Crippen LogP contribution in [-0.2, 0) is 9.47 Å². The van der Waals surface area contributed by atoms with Gasteiger partial charge in [0, 0.05) is 40.4 Å². The van der Waals surface area contributed by atoms with E-state index in [2.05, 4.69) is 31.0 Å². The number of nitrogens with zero attached hydrogens (tertiary/aromatic N) is 1. The molecule has 0 bridgehead atoms. The molecule has 17 heavy (non-hydrogen) atoms. The molecule has 4 heteroatoms. The van der Waals surface area contributed by atoms with E-state index in [1.807, 2.05) is 0 Å². The van der Waals surface area contributed by atoms with Crippen molar-refractivity contribution in [1.29, 1.82) is 0 Å². The Hall–Kier alpha value is -0.160. The highest BCUT2D eigenvalue weighted by molar-refractivity contribution is 4.88. The third-order valence-electron chi connectivity index (χ3n) is 3.40. The van der Waals surface area contributed by atoms with Crippen molar-refractivity contribution in [2.24, 2.45) is 5.41 Å². The van der Waals surface area contributed by atoms with Gasteiger partial charge in [0.25, 0.3) is 0 Å². The largest absolute Gasteiger partial charge is 0.377 e. The lowest BCUT2D eigenvalue weighted by atomic mass is 9.93. The predicted octanol–water partition coefficient (Wildman–Crippen LogP) is 0.968. The van der Waals surface area contributed by atoms with Gasteiger partial charge in [-0.3, -0.25) is 4.90 Å². The maximum Gasteiger partial charge on any atom is 0.0971 e. The van der Waals surface area contributed by atoms with Crippen molar-refractivity contribution >= 4 is 0 Å². The van der Waals surface area contributed by atoms with Gasteiger partial charge < -0.3 is 14.8 Å². The highest BCUT2D eigenvalue weighted by Crippen LogP contribution is 2.22. The molecular weight excluding hydrogens is 216 g/mol. The van der Waals surface area contributed by atoms with Gasteiger partial charge in [-0.05, 0) is 12.0 Å². The van der Waals surface area contributed by atoms with Crippen LogP contribution in [0.3, 0.4) is 0 Å². The van der Waals surface area contributed by atoms with Crippen molar-refractivity contribution in [2.75, 3.05) is 46.9 Å². The molecule has 1 saturated heterocycles. The van der Waals surface area contributed by atoms with E-state index in [0.29, 0.717) is 0 Å². The molecule has 0 saturated carbocycles. The van der Waals surface area contributed by atoms with Crippen molar-refractivity contribution in [3.8, 4) is 0 Å². The number of likely N-dealkylation sites (tertiary alicyclic amines) is 1. The fourth-order valence-electron chi connectivity index (χ4n) is 2.52. The normalized spacial score (nSPS) is 26.6. The molecule has 0 spiro atoms. The lowest BCUT2D eigenvalue weighted by Gasteiger charge is -2.30. The average Bonchev–Trinajstić information content (AvgIpc) is 2.67. The Kier molecular flexibility index (Phi) is 5.86. The van der Waals surface area contributed by atoms with Gasteiger partial charge >= 0.3 is 0 Å². The summed E-state index contributed by atoms with van der Waals surface area (Å²) in [6.07, 6.45) is 0.435. The molecule has 1 rings (SSSR count). The Morgan fingerprint density at radius 3 is 2.12 bits per heavy atom. The quantitative estimate of drug-likeness (QED) is 0.723. The Balaban J connectivity index is 2.42. The van der Waals surface area contributed by atoms with Crippen LogP contribution in [0.4, 0.5) is 0 Å². The van der Waals surface area contributed by atoms with Crippen LogP contribution in [-0.4, -0.2) is 64.1 Å². The van der Waals surface area contributed by atoms with E-state index < -0.39 is 0 Å². The molecule has 0 radical (unpaired) electrons. The summed E-state index contributed by atoms with van der Waals surface area (Å²) in [5.41, 5.74) is 0.289. The number of hydrogen-bond acceptors (Lipinski definition) is 4. The molecule has 4 nitrogen and oxygen atoms in total. The van der Waals surface area contributed by atoms with Gasteiger partial charge in [0.15, 0.2) is 0 Å². The van der Waals surface area contributed by atoms with Crippen LogP contribution in [0.25, 0.3) is 0 Å². The Morgan fingerprint density at radius 1 is 1.18 bits per heavy atom. The summed E-state index contributed by atoms with van der Waals surface area (Å²) in [6, 6.07) is 0. The van der Waals surface area contributed by atoms with Gasteiger partial charge in [-0.1, -0.05) is 20.8 Å². The number of methoxy groups -OCH3 is 2. The molecule has 1 aliphatic heterocycles. The summed E-state index contributed by atoms with van der Waals surface area (Å²) in [4.78, 5) is 2.44. The first-order valence-corrected chi connectivity index (χ1v) is 6.51. The predicted molar refractivity (Wildman–Crippen MR) is 70.4 cm³/mol. The molecular formula is C13H28N2O2. The Morgan fingerprint density at radius 2 is 1.71 bits per heavy atom. The Labute approximate surface area is 106 Å². The molecule has 2 unspecified atom stereocenters. The second-order valence-electron chi connectivity index (χ2n) is 5.69. The van der Waals surface area contributed by atoms with Crippen LogP contribution in [0, 0.1) is 5.41 Å². The molecule has 0 aromatic carbocycles. The van der Waals surface area contributed by atoms with E-state index >= 15 is 0 Å². The first kappa shape index (κ1) is 14.9. The lowest BCUT2D eigenvalue weighted by molar-refractivity contribution is -0.00461. The van der Waals surface area contributed by atoms with Crippen molar-refractivity contribution < 1.29 is 9.47 Å². The molecule has 0 aromatic rings. The van der Waals surface area contributed by atoms with E-state index in [4.69, 9.17) is 9.47 Å². The smallest absolute Gasteiger partial charge is 0.0971 e. The fourth-order valence-corrected chi connectivity index (χ4v) is 2.52. The van der Waals surface area contributed by atoms with Crippen molar-refractivity contribution in [1.82, 2.24) is 10.2 Å². The molecule has 1 fully saturated rings. The van der Waals surface area contributed by atoms with Crippen LogP contribution >= 0.6 is 0 Å². The van der Waals surface area contributed by atoms with E-state index in [0.717, 1.165) is 32.7 Å². The van der Waals surface area contributed by atoms with Crippen LogP contribution in [0.2, 0.25) is 0 Å². The van der Waals surface area contributed by atoms with Crippen molar-refractivity contribution in [3.05, 3.63) is 0 Å². The van der Waals surface area contributed by atoms with E-state index in [1.54, 1.807) is 14.2 Å². The fraction of sp³-hybridized carbons (Fsp3) is 1.00. The molecule has 0 aromatic heterocycles. The van der Waals surface area contributed by atoms with Gasteiger partial charge in [0.1, 0.15) is 0 Å². The highest BCUT2D eigenvalue weighted by Gasteiger charge is 2.35.